The van der Waals surface area contributed by atoms with Crippen molar-refractivity contribution in [2.75, 3.05) is 5.73 Å². The number of nitrogens with two attached hydrogens (primary N) is 1. The van der Waals surface area contributed by atoms with Crippen LogP contribution in [0.2, 0.25) is 5.02 Å². The number of aliphatic hydroxyl groups excluding tert-OH is 1. The molecule has 2 aromatic rings. The van der Waals surface area contributed by atoms with Crippen LogP contribution < -0.4 is 11.1 Å². The van der Waals surface area contributed by atoms with Crippen molar-refractivity contribution in [3.63, 3.8) is 0 Å². The van der Waals surface area contributed by atoms with E-state index in [9.17, 15) is 14.3 Å². The summed E-state index contributed by atoms with van der Waals surface area (Å²) in [7, 11) is 0. The van der Waals surface area contributed by atoms with Crippen LogP contribution in [0.5, 0.6) is 0 Å². The van der Waals surface area contributed by atoms with Crippen molar-refractivity contribution in [1.82, 2.24) is 5.32 Å². The molecule has 0 aliphatic rings. The number of amides is 1. The Morgan fingerprint density at radius 3 is 2.50 bits per heavy atom. The third-order valence-electron chi connectivity index (χ3n) is 2.72. The van der Waals surface area contributed by atoms with Crippen LogP contribution in [0.1, 0.15) is 22.1 Å². The van der Waals surface area contributed by atoms with Crippen LogP contribution in [0.25, 0.3) is 0 Å². The summed E-state index contributed by atoms with van der Waals surface area (Å²) >= 11 is 5.73. The van der Waals surface area contributed by atoms with E-state index in [0.29, 0.717) is 10.6 Å². The Bertz CT molecular complexity index is 632. The number of nitrogen functional groups attached to an aromatic ring is 1. The fraction of sp³-hybridized carbons (Fsp3) is 0.0714. The molecule has 0 heterocycles. The van der Waals surface area contributed by atoms with Gasteiger partial charge in [0, 0.05) is 16.1 Å². The van der Waals surface area contributed by atoms with Crippen molar-refractivity contribution in [1.29, 1.82) is 0 Å². The molecule has 0 radical (unpaired) electrons. The van der Waals surface area contributed by atoms with E-state index in [1.54, 1.807) is 24.3 Å². The second kappa shape index (κ2) is 5.90. The number of anilines is 1. The molecule has 2 rings (SSSR count). The standard InChI is InChI=1S/C14H12ClFN2O2/c15-10-4-1-8(2-5-10)13(19)18-14(20)9-3-6-12(17)11(16)7-9/h1-7,13,19H,17H2,(H,18,20)/t13-/m1/s1. The monoisotopic (exact) mass is 294 g/mol. The second-order valence-corrected chi connectivity index (χ2v) is 4.60. The van der Waals surface area contributed by atoms with Crippen LogP contribution in [0.4, 0.5) is 10.1 Å². The maximum atomic E-state index is 13.3. The van der Waals surface area contributed by atoms with Crippen LogP contribution in [0.15, 0.2) is 42.5 Å². The third kappa shape index (κ3) is 3.26. The highest BCUT2D eigenvalue weighted by atomic mass is 35.5. The predicted molar refractivity (Wildman–Crippen MR) is 74.7 cm³/mol. The maximum Gasteiger partial charge on any atom is 0.253 e. The zero-order chi connectivity index (χ0) is 14.7. The molecule has 0 aliphatic heterocycles. The zero-order valence-corrected chi connectivity index (χ0v) is 11.1. The molecule has 6 heteroatoms. The molecule has 1 atom stereocenters. The van der Waals surface area contributed by atoms with E-state index in [0.717, 1.165) is 6.07 Å². The molecule has 1 amide bonds. The largest absolute Gasteiger partial charge is 0.396 e. The van der Waals surface area contributed by atoms with Gasteiger partial charge in [-0.25, -0.2) is 4.39 Å². The molecule has 2 aromatic carbocycles. The zero-order valence-electron chi connectivity index (χ0n) is 10.3. The van der Waals surface area contributed by atoms with Gasteiger partial charge in [0.1, 0.15) is 5.82 Å². The maximum absolute atomic E-state index is 13.3. The average Bonchev–Trinajstić information content (AvgIpc) is 2.42. The molecule has 0 bridgehead atoms. The lowest BCUT2D eigenvalue weighted by Gasteiger charge is -2.13. The summed E-state index contributed by atoms with van der Waals surface area (Å²) in [4.78, 5) is 11.9. The van der Waals surface area contributed by atoms with Gasteiger partial charge in [-0.1, -0.05) is 23.7 Å². The number of carbonyl (C=O) groups excluding carboxylic acids is 1. The molecular weight excluding hydrogens is 283 g/mol. The van der Waals surface area contributed by atoms with Crippen molar-refractivity contribution in [2.45, 2.75) is 6.23 Å². The van der Waals surface area contributed by atoms with Crippen LogP contribution >= 0.6 is 11.6 Å². The Hall–Kier alpha value is -2.11. The smallest absolute Gasteiger partial charge is 0.253 e. The number of rotatable bonds is 3. The van der Waals surface area contributed by atoms with E-state index in [2.05, 4.69) is 5.32 Å². The Kier molecular flexibility index (Phi) is 4.22. The van der Waals surface area contributed by atoms with Gasteiger partial charge in [0.25, 0.3) is 5.91 Å². The summed E-state index contributed by atoms with van der Waals surface area (Å²) in [6, 6.07) is 10.0. The fourth-order valence-electron chi connectivity index (χ4n) is 1.60. The minimum Gasteiger partial charge on any atom is -0.396 e. The number of halogens is 2. The normalized spacial score (nSPS) is 11.9. The van der Waals surface area contributed by atoms with Crippen molar-refractivity contribution in [3.8, 4) is 0 Å². The highest BCUT2D eigenvalue weighted by molar-refractivity contribution is 6.30. The molecule has 0 unspecified atom stereocenters. The van der Waals surface area contributed by atoms with E-state index in [-0.39, 0.29) is 11.3 Å². The van der Waals surface area contributed by atoms with Crippen molar-refractivity contribution in [2.24, 2.45) is 0 Å². The third-order valence-corrected chi connectivity index (χ3v) is 2.97. The van der Waals surface area contributed by atoms with E-state index < -0.39 is 18.0 Å². The Labute approximate surface area is 120 Å². The van der Waals surface area contributed by atoms with Gasteiger partial charge in [0.2, 0.25) is 0 Å². The molecule has 0 saturated heterocycles. The minimum absolute atomic E-state index is 0.0419. The topological polar surface area (TPSA) is 75.4 Å². The van der Waals surface area contributed by atoms with Crippen LogP contribution in [0.3, 0.4) is 0 Å². The first-order valence-electron chi connectivity index (χ1n) is 5.77. The number of carbonyl (C=O) groups is 1. The lowest BCUT2D eigenvalue weighted by molar-refractivity contribution is 0.0783. The molecule has 0 aliphatic carbocycles. The summed E-state index contributed by atoms with van der Waals surface area (Å²) in [5.41, 5.74) is 5.83. The van der Waals surface area contributed by atoms with Gasteiger partial charge in [0.05, 0.1) is 5.69 Å². The summed E-state index contributed by atoms with van der Waals surface area (Å²) in [6.07, 6.45) is -1.21. The summed E-state index contributed by atoms with van der Waals surface area (Å²) < 4.78 is 13.3. The molecule has 0 fully saturated rings. The van der Waals surface area contributed by atoms with E-state index in [1.165, 1.54) is 12.1 Å². The minimum atomic E-state index is -1.21. The number of benzene rings is 2. The molecule has 0 spiro atoms. The molecule has 0 saturated carbocycles. The SMILES string of the molecule is Nc1ccc(C(=O)N[C@H](O)c2ccc(Cl)cc2)cc1F. The first-order chi connectivity index (χ1) is 9.47. The van der Waals surface area contributed by atoms with Gasteiger partial charge < -0.3 is 16.2 Å². The van der Waals surface area contributed by atoms with Crippen molar-refractivity contribution in [3.05, 3.63) is 64.4 Å². The van der Waals surface area contributed by atoms with Gasteiger partial charge in [-0.05, 0) is 30.3 Å². The molecule has 0 aromatic heterocycles. The van der Waals surface area contributed by atoms with E-state index in [1.807, 2.05) is 0 Å². The molecule has 4 N–H and O–H groups in total. The second-order valence-electron chi connectivity index (χ2n) is 4.16. The van der Waals surface area contributed by atoms with Crippen LogP contribution in [0, 0.1) is 5.82 Å². The average molecular weight is 295 g/mol. The van der Waals surface area contributed by atoms with Crippen LogP contribution in [-0.2, 0) is 0 Å². The molecular formula is C14H12ClFN2O2. The van der Waals surface area contributed by atoms with Gasteiger partial charge in [0.15, 0.2) is 6.23 Å². The number of hydrogen-bond donors (Lipinski definition) is 3. The highest BCUT2D eigenvalue weighted by Crippen LogP contribution is 2.16. The highest BCUT2D eigenvalue weighted by Gasteiger charge is 2.14. The van der Waals surface area contributed by atoms with Gasteiger partial charge in [-0.2, -0.15) is 0 Å². The van der Waals surface area contributed by atoms with Crippen molar-refractivity contribution >= 4 is 23.2 Å². The Balaban J connectivity index is 2.10. The quantitative estimate of drug-likeness (QED) is 0.601. The molecule has 4 nitrogen and oxygen atoms in total. The number of aliphatic hydroxyl groups is 1. The molecule has 20 heavy (non-hydrogen) atoms. The van der Waals surface area contributed by atoms with Gasteiger partial charge in [-0.15, -0.1) is 0 Å². The van der Waals surface area contributed by atoms with Crippen LogP contribution in [-0.4, -0.2) is 11.0 Å². The predicted octanol–water partition coefficient (Wildman–Crippen LogP) is 2.48. The lowest BCUT2D eigenvalue weighted by Crippen LogP contribution is -2.28. The Morgan fingerprint density at radius 2 is 1.90 bits per heavy atom. The van der Waals surface area contributed by atoms with Gasteiger partial charge in [-0.3, -0.25) is 4.79 Å². The Morgan fingerprint density at radius 1 is 1.25 bits per heavy atom. The first-order valence-corrected chi connectivity index (χ1v) is 6.14. The van der Waals surface area contributed by atoms with Crippen molar-refractivity contribution < 1.29 is 14.3 Å². The van der Waals surface area contributed by atoms with E-state index in [4.69, 9.17) is 17.3 Å². The summed E-state index contributed by atoms with van der Waals surface area (Å²) in [5, 5.41) is 12.7. The fourth-order valence-corrected chi connectivity index (χ4v) is 1.73. The van der Waals surface area contributed by atoms with Gasteiger partial charge >= 0.3 is 0 Å². The number of hydrogen-bond acceptors (Lipinski definition) is 3. The summed E-state index contributed by atoms with van der Waals surface area (Å²) in [5.74, 6) is -1.29. The summed E-state index contributed by atoms with van der Waals surface area (Å²) in [6.45, 7) is 0. The number of nitrogens with one attached hydrogen (secondary N) is 1. The lowest BCUT2D eigenvalue weighted by atomic mass is 10.1. The van der Waals surface area contributed by atoms with E-state index >= 15 is 0 Å². The first kappa shape index (κ1) is 14.3. The molecule has 104 valence electrons.